The van der Waals surface area contributed by atoms with E-state index < -0.39 is 35.1 Å². The monoisotopic (exact) mass is 284 g/mol. The van der Waals surface area contributed by atoms with Crippen LogP contribution in [0.1, 0.15) is 17.2 Å². The molecule has 0 spiro atoms. The number of phenols is 1. The smallest absolute Gasteiger partial charge is 0.420 e. The Labute approximate surface area is 105 Å². The van der Waals surface area contributed by atoms with Gasteiger partial charge in [0.15, 0.2) is 6.10 Å². The topological polar surface area (TPSA) is 66.8 Å². The van der Waals surface area contributed by atoms with E-state index in [1.54, 1.807) is 0 Å². The Balaban J connectivity index is 3.38. The van der Waals surface area contributed by atoms with Crippen LogP contribution in [0.5, 0.6) is 5.75 Å². The van der Waals surface area contributed by atoms with Gasteiger partial charge >= 0.3 is 12.1 Å². The standard InChI is InChI=1S/C10H8ClF3O4/c1-18-9(17)8(16)5-2-4(11)3-6(7(5)15)10(12,13)14/h2-3,8,15-16H,1H3. The van der Waals surface area contributed by atoms with E-state index in [-0.39, 0.29) is 5.02 Å². The van der Waals surface area contributed by atoms with Crippen LogP contribution in [-0.4, -0.2) is 23.3 Å². The first-order valence-electron chi connectivity index (χ1n) is 4.54. The highest BCUT2D eigenvalue weighted by Crippen LogP contribution is 2.41. The molecular weight excluding hydrogens is 277 g/mol. The van der Waals surface area contributed by atoms with Crippen molar-refractivity contribution in [3.63, 3.8) is 0 Å². The van der Waals surface area contributed by atoms with Crippen LogP contribution >= 0.6 is 11.6 Å². The molecule has 100 valence electrons. The summed E-state index contributed by atoms with van der Waals surface area (Å²) in [5, 5.41) is 18.5. The van der Waals surface area contributed by atoms with Crippen LogP contribution in [0.25, 0.3) is 0 Å². The van der Waals surface area contributed by atoms with Crippen molar-refractivity contribution in [2.75, 3.05) is 7.11 Å². The van der Waals surface area contributed by atoms with Gasteiger partial charge in [0.25, 0.3) is 0 Å². The molecule has 18 heavy (non-hydrogen) atoms. The number of benzene rings is 1. The zero-order valence-electron chi connectivity index (χ0n) is 8.95. The number of aliphatic hydroxyl groups excluding tert-OH is 1. The van der Waals surface area contributed by atoms with Crippen molar-refractivity contribution in [1.82, 2.24) is 0 Å². The largest absolute Gasteiger partial charge is 0.507 e. The van der Waals surface area contributed by atoms with Crippen LogP contribution in [0.2, 0.25) is 5.02 Å². The summed E-state index contributed by atoms with van der Waals surface area (Å²) in [5.41, 5.74) is -2.10. The van der Waals surface area contributed by atoms with Crippen molar-refractivity contribution in [2.45, 2.75) is 12.3 Å². The third kappa shape index (κ3) is 2.85. The molecule has 0 amide bonds. The SMILES string of the molecule is COC(=O)C(O)c1cc(Cl)cc(C(F)(F)F)c1O. The quantitative estimate of drug-likeness (QED) is 0.818. The number of carbonyl (C=O) groups is 1. The molecule has 1 rings (SSSR count). The van der Waals surface area contributed by atoms with Crippen LogP contribution in [0, 0.1) is 0 Å². The number of methoxy groups -OCH3 is 1. The van der Waals surface area contributed by atoms with E-state index in [4.69, 9.17) is 11.6 Å². The molecule has 0 fully saturated rings. The molecule has 1 aromatic carbocycles. The molecule has 0 aliphatic rings. The Morgan fingerprint density at radius 1 is 1.44 bits per heavy atom. The van der Waals surface area contributed by atoms with E-state index >= 15 is 0 Å². The second-order valence-corrected chi connectivity index (χ2v) is 3.75. The Morgan fingerprint density at radius 2 is 2.00 bits per heavy atom. The fraction of sp³-hybridized carbons (Fsp3) is 0.300. The van der Waals surface area contributed by atoms with Crippen molar-refractivity contribution in [3.8, 4) is 5.75 Å². The molecule has 2 N–H and O–H groups in total. The van der Waals surface area contributed by atoms with Gasteiger partial charge in [0.1, 0.15) is 5.75 Å². The van der Waals surface area contributed by atoms with Gasteiger partial charge in [-0.05, 0) is 12.1 Å². The maximum Gasteiger partial charge on any atom is 0.420 e. The average Bonchev–Trinajstić information content (AvgIpc) is 2.28. The van der Waals surface area contributed by atoms with E-state index in [1.807, 2.05) is 0 Å². The zero-order chi connectivity index (χ0) is 14.1. The van der Waals surface area contributed by atoms with Crippen molar-refractivity contribution >= 4 is 17.6 Å². The lowest BCUT2D eigenvalue weighted by Gasteiger charge is -2.15. The number of rotatable bonds is 2. The third-order valence-electron chi connectivity index (χ3n) is 2.13. The van der Waals surface area contributed by atoms with Gasteiger partial charge in [0.05, 0.1) is 12.7 Å². The highest BCUT2D eigenvalue weighted by molar-refractivity contribution is 6.30. The number of carbonyl (C=O) groups excluding carboxylic acids is 1. The van der Waals surface area contributed by atoms with E-state index in [0.717, 1.165) is 13.2 Å². The van der Waals surface area contributed by atoms with Crippen LogP contribution in [0.3, 0.4) is 0 Å². The first-order chi connectivity index (χ1) is 8.18. The van der Waals surface area contributed by atoms with Crippen molar-refractivity contribution in [1.29, 1.82) is 0 Å². The minimum atomic E-state index is -4.86. The predicted octanol–water partition coefficient (Wildman–Crippen LogP) is 2.27. The summed E-state index contributed by atoms with van der Waals surface area (Å²) in [5.74, 6) is -2.47. The van der Waals surface area contributed by atoms with Crippen LogP contribution in [0.4, 0.5) is 13.2 Å². The average molecular weight is 285 g/mol. The number of esters is 1. The van der Waals surface area contributed by atoms with Crippen molar-refractivity contribution < 1.29 is 32.9 Å². The Hall–Kier alpha value is -1.47. The molecule has 1 aromatic rings. The molecule has 0 saturated carbocycles. The molecule has 1 unspecified atom stereocenters. The predicted molar refractivity (Wildman–Crippen MR) is 55.1 cm³/mol. The number of aliphatic hydroxyl groups is 1. The van der Waals surface area contributed by atoms with Crippen molar-refractivity contribution in [2.24, 2.45) is 0 Å². The fourth-order valence-electron chi connectivity index (χ4n) is 1.28. The van der Waals surface area contributed by atoms with Crippen LogP contribution in [-0.2, 0) is 15.7 Å². The molecule has 0 bridgehead atoms. The summed E-state index contributed by atoms with van der Waals surface area (Å²) in [6, 6.07) is 1.35. The third-order valence-corrected chi connectivity index (χ3v) is 2.35. The number of aromatic hydroxyl groups is 1. The number of ether oxygens (including phenoxy) is 1. The lowest BCUT2D eigenvalue weighted by atomic mass is 10.0. The first-order valence-corrected chi connectivity index (χ1v) is 4.91. The number of hydrogen-bond acceptors (Lipinski definition) is 4. The maximum atomic E-state index is 12.5. The Bertz CT molecular complexity index is 473. The number of hydrogen-bond donors (Lipinski definition) is 2. The van der Waals surface area contributed by atoms with Gasteiger partial charge in [-0.3, -0.25) is 0 Å². The second kappa shape index (κ2) is 5.03. The van der Waals surface area contributed by atoms with E-state index in [0.29, 0.717) is 6.07 Å². The number of alkyl halides is 3. The van der Waals surface area contributed by atoms with Gasteiger partial charge < -0.3 is 14.9 Å². The first kappa shape index (κ1) is 14.6. The molecule has 1 atom stereocenters. The summed E-state index contributed by atoms with van der Waals surface area (Å²) >= 11 is 5.45. The molecule has 0 aliphatic carbocycles. The van der Waals surface area contributed by atoms with Crippen LogP contribution < -0.4 is 0 Å². The fourth-order valence-corrected chi connectivity index (χ4v) is 1.51. The van der Waals surface area contributed by atoms with Gasteiger partial charge in [-0.25, -0.2) is 4.79 Å². The normalized spacial score (nSPS) is 13.2. The molecular formula is C10H8ClF3O4. The summed E-state index contributed by atoms with van der Waals surface area (Å²) in [4.78, 5) is 11.0. The molecule has 0 radical (unpaired) electrons. The summed E-state index contributed by atoms with van der Waals surface area (Å²) < 4.78 is 41.8. The van der Waals surface area contributed by atoms with Crippen LogP contribution in [0.15, 0.2) is 12.1 Å². The van der Waals surface area contributed by atoms with Gasteiger partial charge in [-0.1, -0.05) is 11.6 Å². The lowest BCUT2D eigenvalue weighted by molar-refractivity contribution is -0.151. The van der Waals surface area contributed by atoms with Gasteiger partial charge in [-0.2, -0.15) is 13.2 Å². The van der Waals surface area contributed by atoms with E-state index in [2.05, 4.69) is 4.74 Å². The molecule has 0 aliphatic heterocycles. The van der Waals surface area contributed by atoms with Gasteiger partial charge in [-0.15, -0.1) is 0 Å². The summed E-state index contributed by atoms with van der Waals surface area (Å²) in [6.45, 7) is 0. The highest BCUT2D eigenvalue weighted by atomic mass is 35.5. The van der Waals surface area contributed by atoms with E-state index in [1.165, 1.54) is 0 Å². The zero-order valence-corrected chi connectivity index (χ0v) is 9.71. The molecule has 0 saturated heterocycles. The molecule has 8 heteroatoms. The number of phenolic OH excluding ortho intramolecular Hbond substituents is 1. The maximum absolute atomic E-state index is 12.5. The second-order valence-electron chi connectivity index (χ2n) is 3.31. The lowest BCUT2D eigenvalue weighted by Crippen LogP contribution is -2.15. The minimum absolute atomic E-state index is 0.377. The summed E-state index contributed by atoms with van der Waals surface area (Å²) in [6.07, 6.45) is -6.91. The molecule has 0 aromatic heterocycles. The van der Waals surface area contributed by atoms with E-state index in [9.17, 15) is 28.2 Å². The molecule has 0 heterocycles. The van der Waals surface area contributed by atoms with Crippen molar-refractivity contribution in [3.05, 3.63) is 28.3 Å². The summed E-state index contributed by atoms with van der Waals surface area (Å²) in [7, 11) is 0.942. The minimum Gasteiger partial charge on any atom is -0.507 e. The van der Waals surface area contributed by atoms with Gasteiger partial charge in [0.2, 0.25) is 0 Å². The van der Waals surface area contributed by atoms with Gasteiger partial charge in [0, 0.05) is 10.6 Å². The Morgan fingerprint density at radius 3 is 2.44 bits per heavy atom. The Kier molecular flexibility index (Phi) is 4.08. The molecule has 4 nitrogen and oxygen atoms in total. The number of halogens is 4. The highest BCUT2D eigenvalue weighted by Gasteiger charge is 2.37.